The lowest BCUT2D eigenvalue weighted by molar-refractivity contribution is -0.144. The van der Waals surface area contributed by atoms with Crippen LogP contribution in [0.5, 0.6) is 0 Å². The van der Waals surface area contributed by atoms with Crippen LogP contribution in [-0.2, 0) is 4.79 Å². The zero-order chi connectivity index (χ0) is 13.3. The van der Waals surface area contributed by atoms with Gasteiger partial charge in [0.2, 0.25) is 0 Å². The summed E-state index contributed by atoms with van der Waals surface area (Å²) in [5.74, 6) is 0.933. The largest absolute Gasteiger partial charge is 0.481 e. The number of fused-ring (bicyclic) bond motifs is 1. The van der Waals surface area contributed by atoms with Crippen LogP contribution in [0, 0.1) is 29.6 Å². The fourth-order valence-electron chi connectivity index (χ4n) is 3.89. The number of carbonyl (C=O) groups is 1. The predicted molar refractivity (Wildman–Crippen MR) is 70.1 cm³/mol. The van der Waals surface area contributed by atoms with Gasteiger partial charge in [-0.25, -0.2) is 0 Å². The summed E-state index contributed by atoms with van der Waals surface area (Å²) in [4.78, 5) is 11.2. The van der Waals surface area contributed by atoms with E-state index >= 15 is 0 Å². The maximum atomic E-state index is 11.2. The zero-order valence-electron chi connectivity index (χ0n) is 11.3. The predicted octanol–water partition coefficient (Wildman–Crippen LogP) is 2.70. The van der Waals surface area contributed by atoms with Gasteiger partial charge in [-0.1, -0.05) is 26.3 Å². The van der Waals surface area contributed by atoms with Gasteiger partial charge in [-0.3, -0.25) is 4.79 Å². The Kier molecular flexibility index (Phi) is 4.10. The minimum atomic E-state index is -0.683. The molecule has 0 aromatic carbocycles. The molecule has 0 heterocycles. The van der Waals surface area contributed by atoms with E-state index in [0.717, 1.165) is 31.3 Å². The second-order valence-corrected chi connectivity index (χ2v) is 6.11. The molecule has 0 aromatic heterocycles. The van der Waals surface area contributed by atoms with E-state index < -0.39 is 5.97 Å². The van der Waals surface area contributed by atoms with Gasteiger partial charge in [-0.05, 0) is 48.5 Å². The molecule has 2 N–H and O–H groups in total. The first-order valence-corrected chi connectivity index (χ1v) is 7.07. The van der Waals surface area contributed by atoms with Crippen LogP contribution in [0.4, 0.5) is 0 Å². The Labute approximate surface area is 109 Å². The van der Waals surface area contributed by atoms with Crippen molar-refractivity contribution in [1.82, 2.24) is 0 Å². The van der Waals surface area contributed by atoms with Crippen LogP contribution in [-0.4, -0.2) is 22.8 Å². The fraction of sp³-hybridized carbons (Fsp3) is 0.800. The number of carboxylic acids is 1. The molecule has 3 nitrogen and oxygen atoms in total. The van der Waals surface area contributed by atoms with E-state index in [1.165, 1.54) is 0 Å². The summed E-state index contributed by atoms with van der Waals surface area (Å²) in [5.41, 5.74) is 1.10. The van der Waals surface area contributed by atoms with E-state index in [1.807, 2.05) is 6.92 Å². The van der Waals surface area contributed by atoms with E-state index in [2.05, 4.69) is 13.0 Å². The Hall–Kier alpha value is -0.830. The van der Waals surface area contributed by atoms with E-state index in [4.69, 9.17) is 0 Å². The van der Waals surface area contributed by atoms with Gasteiger partial charge in [-0.2, -0.15) is 0 Å². The average Bonchev–Trinajstić information content (AvgIpc) is 2.38. The van der Waals surface area contributed by atoms with E-state index in [9.17, 15) is 15.0 Å². The minimum absolute atomic E-state index is 0.131. The van der Waals surface area contributed by atoms with Gasteiger partial charge >= 0.3 is 5.97 Å². The molecule has 0 saturated heterocycles. The van der Waals surface area contributed by atoms with Crippen LogP contribution in [0.1, 0.15) is 39.5 Å². The number of aliphatic carboxylic acids is 1. The van der Waals surface area contributed by atoms with Gasteiger partial charge in [0, 0.05) is 0 Å². The molecule has 0 amide bonds. The Balaban J connectivity index is 2.23. The summed E-state index contributed by atoms with van der Waals surface area (Å²) in [7, 11) is 0. The SMILES string of the molecule is C[C@H]1CC[C@H]([C@@H](C)C(=O)O)[C@H]2C=C(CO)CC[C@H]21. The van der Waals surface area contributed by atoms with Crippen molar-refractivity contribution in [1.29, 1.82) is 0 Å². The van der Waals surface area contributed by atoms with Gasteiger partial charge < -0.3 is 10.2 Å². The molecule has 0 aliphatic heterocycles. The summed E-state index contributed by atoms with van der Waals surface area (Å²) < 4.78 is 0. The number of allylic oxidation sites excluding steroid dienone is 1. The Morgan fingerprint density at radius 3 is 2.78 bits per heavy atom. The molecule has 18 heavy (non-hydrogen) atoms. The molecular weight excluding hydrogens is 228 g/mol. The molecule has 0 radical (unpaired) electrons. The van der Waals surface area contributed by atoms with Crippen LogP contribution < -0.4 is 0 Å². The molecule has 102 valence electrons. The third-order valence-electron chi connectivity index (χ3n) is 5.14. The third kappa shape index (κ3) is 2.46. The monoisotopic (exact) mass is 252 g/mol. The highest BCUT2D eigenvalue weighted by Crippen LogP contribution is 2.47. The maximum absolute atomic E-state index is 11.2. The molecule has 5 atom stereocenters. The van der Waals surface area contributed by atoms with Crippen LogP contribution in [0.25, 0.3) is 0 Å². The number of hydrogen-bond donors (Lipinski definition) is 2. The molecule has 3 heteroatoms. The van der Waals surface area contributed by atoms with Crippen molar-refractivity contribution in [3.63, 3.8) is 0 Å². The molecule has 1 fully saturated rings. The lowest BCUT2D eigenvalue weighted by atomic mass is 9.60. The van der Waals surface area contributed by atoms with Gasteiger partial charge in [0.1, 0.15) is 0 Å². The van der Waals surface area contributed by atoms with Crippen molar-refractivity contribution in [2.45, 2.75) is 39.5 Å². The van der Waals surface area contributed by atoms with Crippen molar-refractivity contribution in [3.05, 3.63) is 11.6 Å². The topological polar surface area (TPSA) is 57.5 Å². The molecule has 0 unspecified atom stereocenters. The number of aliphatic hydroxyl groups is 1. The molecule has 2 aliphatic rings. The summed E-state index contributed by atoms with van der Waals surface area (Å²) >= 11 is 0. The molecule has 0 spiro atoms. The van der Waals surface area contributed by atoms with Gasteiger partial charge in [-0.15, -0.1) is 0 Å². The van der Waals surface area contributed by atoms with Crippen LogP contribution >= 0.6 is 0 Å². The highest BCUT2D eigenvalue weighted by molar-refractivity contribution is 5.70. The Morgan fingerprint density at radius 1 is 1.44 bits per heavy atom. The molecular formula is C15H24O3. The number of hydrogen-bond acceptors (Lipinski definition) is 2. The highest BCUT2D eigenvalue weighted by atomic mass is 16.4. The fourth-order valence-corrected chi connectivity index (χ4v) is 3.89. The quantitative estimate of drug-likeness (QED) is 0.759. The summed E-state index contributed by atoms with van der Waals surface area (Å²) in [6.07, 6.45) is 6.43. The number of rotatable bonds is 3. The average molecular weight is 252 g/mol. The lowest BCUT2D eigenvalue weighted by Crippen LogP contribution is -2.39. The summed E-state index contributed by atoms with van der Waals surface area (Å²) in [6.45, 7) is 4.25. The lowest BCUT2D eigenvalue weighted by Gasteiger charge is -2.45. The minimum Gasteiger partial charge on any atom is -0.481 e. The highest BCUT2D eigenvalue weighted by Gasteiger charge is 2.41. The van der Waals surface area contributed by atoms with Gasteiger partial charge in [0.25, 0.3) is 0 Å². The number of aliphatic hydroxyl groups excluding tert-OH is 1. The normalized spacial score (nSPS) is 37.6. The van der Waals surface area contributed by atoms with Crippen molar-refractivity contribution in [2.75, 3.05) is 6.61 Å². The standard InChI is InChI=1S/C15H24O3/c1-9-3-5-13(10(2)15(17)18)14-7-11(8-16)4-6-12(9)14/h7,9-10,12-14,16H,3-6,8H2,1-2H3,(H,17,18)/t9-,10+,12-,13+,14-/m0/s1. The molecule has 2 aliphatic carbocycles. The first-order chi connectivity index (χ1) is 8.54. The molecule has 2 rings (SSSR count). The van der Waals surface area contributed by atoms with Crippen LogP contribution in [0.2, 0.25) is 0 Å². The van der Waals surface area contributed by atoms with Crippen molar-refractivity contribution in [3.8, 4) is 0 Å². The van der Waals surface area contributed by atoms with Crippen molar-refractivity contribution < 1.29 is 15.0 Å². The third-order valence-corrected chi connectivity index (χ3v) is 5.14. The first-order valence-electron chi connectivity index (χ1n) is 7.07. The second kappa shape index (κ2) is 5.43. The number of carboxylic acid groups (broad SMARTS) is 1. The van der Waals surface area contributed by atoms with E-state index in [0.29, 0.717) is 17.8 Å². The first kappa shape index (κ1) is 13.6. The van der Waals surface area contributed by atoms with E-state index in [-0.39, 0.29) is 18.4 Å². The smallest absolute Gasteiger partial charge is 0.306 e. The molecule has 0 aromatic rings. The van der Waals surface area contributed by atoms with Crippen LogP contribution in [0.15, 0.2) is 11.6 Å². The van der Waals surface area contributed by atoms with Crippen molar-refractivity contribution in [2.24, 2.45) is 29.6 Å². The Bertz CT molecular complexity index is 348. The van der Waals surface area contributed by atoms with Crippen molar-refractivity contribution >= 4 is 5.97 Å². The van der Waals surface area contributed by atoms with Crippen LogP contribution in [0.3, 0.4) is 0 Å². The van der Waals surface area contributed by atoms with E-state index in [1.54, 1.807) is 0 Å². The maximum Gasteiger partial charge on any atom is 0.306 e. The van der Waals surface area contributed by atoms with Gasteiger partial charge in [0.15, 0.2) is 0 Å². The molecule has 1 saturated carbocycles. The summed E-state index contributed by atoms with van der Waals surface area (Å²) in [5, 5.41) is 18.5. The Morgan fingerprint density at radius 2 is 2.17 bits per heavy atom. The summed E-state index contributed by atoms with van der Waals surface area (Å²) in [6, 6.07) is 0. The second-order valence-electron chi connectivity index (χ2n) is 6.11. The van der Waals surface area contributed by atoms with Gasteiger partial charge in [0.05, 0.1) is 12.5 Å². The zero-order valence-corrected chi connectivity index (χ0v) is 11.3. The molecule has 0 bridgehead atoms.